The maximum Gasteiger partial charge on any atom is 0.338 e. The second-order valence-corrected chi connectivity index (χ2v) is 7.50. The summed E-state index contributed by atoms with van der Waals surface area (Å²) in [4.78, 5) is 30.3. The highest BCUT2D eigenvalue weighted by Crippen LogP contribution is 2.16. The van der Waals surface area contributed by atoms with E-state index in [-0.39, 0.29) is 16.4 Å². The van der Waals surface area contributed by atoms with Crippen LogP contribution in [0, 0.1) is 0 Å². The van der Waals surface area contributed by atoms with Crippen LogP contribution in [-0.4, -0.2) is 63.5 Å². The second kappa shape index (κ2) is 9.46. The molecule has 0 aliphatic carbocycles. The minimum absolute atomic E-state index is 0.0197. The van der Waals surface area contributed by atoms with Gasteiger partial charge in [0, 0.05) is 20.1 Å². The molecular formula is C17H24N2O6S. The quantitative estimate of drug-likeness (QED) is 0.363. The molecule has 0 N–H and O–H groups in total. The highest BCUT2D eigenvalue weighted by Gasteiger charge is 2.22. The molecule has 0 aliphatic heterocycles. The average molecular weight is 384 g/mol. The van der Waals surface area contributed by atoms with Crippen molar-refractivity contribution in [2.75, 3.05) is 33.9 Å². The smallest absolute Gasteiger partial charge is 0.338 e. The molecule has 1 aromatic carbocycles. The van der Waals surface area contributed by atoms with Crippen LogP contribution in [0.4, 0.5) is 0 Å². The lowest BCUT2D eigenvalue weighted by molar-refractivity contribution is -0.133. The number of benzene rings is 1. The summed E-state index contributed by atoms with van der Waals surface area (Å²) >= 11 is 0. The molecule has 0 atom stereocenters. The topological polar surface area (TPSA) is 93.2 Å². The molecular weight excluding hydrogens is 360 g/mol. The summed E-state index contributed by atoms with van der Waals surface area (Å²) in [6.07, 6.45) is 0. The number of hydrogen-bond acceptors (Lipinski definition) is 6. The van der Waals surface area contributed by atoms with Gasteiger partial charge in [0.25, 0.3) is 15.9 Å². The van der Waals surface area contributed by atoms with Crippen LogP contribution in [0.5, 0.6) is 0 Å². The van der Waals surface area contributed by atoms with E-state index in [1.807, 2.05) is 6.92 Å². The average Bonchev–Trinajstić information content (AvgIpc) is 2.62. The predicted molar refractivity (Wildman–Crippen MR) is 95.8 cm³/mol. The summed E-state index contributed by atoms with van der Waals surface area (Å²) in [5.74, 6) is -1.14. The fourth-order valence-electron chi connectivity index (χ4n) is 2.03. The predicted octanol–water partition coefficient (Wildman–Crippen LogP) is 1.45. The Balaban J connectivity index is 2.85. The molecule has 0 spiro atoms. The van der Waals surface area contributed by atoms with Gasteiger partial charge in [0.1, 0.15) is 0 Å². The summed E-state index contributed by atoms with van der Waals surface area (Å²) in [5.41, 5.74) is 0.832. The standard InChI is InChI=1S/C17H24N2O6S/c1-6-19(11-13(2)3)16(20)12-25-17(21)14-8-7-9-15(10-14)26(22,23)18(4)24-5/h7-10H,2,6,11-12H2,1,3-5H3. The van der Waals surface area contributed by atoms with E-state index in [0.717, 1.165) is 5.57 Å². The number of ether oxygens (including phenoxy) is 1. The third kappa shape index (κ3) is 5.65. The molecule has 1 amide bonds. The van der Waals surface area contributed by atoms with E-state index in [1.165, 1.54) is 43.3 Å². The van der Waals surface area contributed by atoms with Crippen molar-refractivity contribution in [3.05, 3.63) is 42.0 Å². The third-order valence-electron chi connectivity index (χ3n) is 3.49. The van der Waals surface area contributed by atoms with E-state index in [4.69, 9.17) is 9.57 Å². The molecule has 0 aromatic heterocycles. The zero-order valence-electron chi connectivity index (χ0n) is 15.4. The van der Waals surface area contributed by atoms with Gasteiger partial charge >= 0.3 is 5.97 Å². The highest BCUT2D eigenvalue weighted by atomic mass is 32.2. The molecule has 26 heavy (non-hydrogen) atoms. The largest absolute Gasteiger partial charge is 0.452 e. The first-order valence-electron chi connectivity index (χ1n) is 7.85. The Kier molecular flexibility index (Phi) is 7.94. The molecule has 0 unspecified atom stereocenters. The molecule has 0 heterocycles. The van der Waals surface area contributed by atoms with Gasteiger partial charge in [-0.3, -0.25) is 9.63 Å². The highest BCUT2D eigenvalue weighted by molar-refractivity contribution is 7.89. The first-order chi connectivity index (χ1) is 12.1. The van der Waals surface area contributed by atoms with E-state index < -0.39 is 22.6 Å². The summed E-state index contributed by atoms with van der Waals surface area (Å²) in [7, 11) is -1.44. The van der Waals surface area contributed by atoms with E-state index in [2.05, 4.69) is 6.58 Å². The van der Waals surface area contributed by atoms with Gasteiger partial charge in [0.15, 0.2) is 6.61 Å². The van der Waals surface area contributed by atoms with Crippen molar-refractivity contribution in [2.24, 2.45) is 0 Å². The van der Waals surface area contributed by atoms with Gasteiger partial charge in [-0.05, 0) is 32.0 Å². The van der Waals surface area contributed by atoms with Crippen molar-refractivity contribution in [3.8, 4) is 0 Å². The molecule has 144 valence electrons. The zero-order chi connectivity index (χ0) is 19.9. The van der Waals surface area contributed by atoms with Crippen LogP contribution in [0.2, 0.25) is 0 Å². The molecule has 0 aliphatic rings. The fourth-order valence-corrected chi connectivity index (χ4v) is 3.05. The number of amides is 1. The number of hydrogen-bond donors (Lipinski definition) is 0. The summed E-state index contributed by atoms with van der Waals surface area (Å²) in [6.45, 7) is 7.76. The fraction of sp³-hybridized carbons (Fsp3) is 0.412. The lowest BCUT2D eigenvalue weighted by Gasteiger charge is -2.20. The maximum atomic E-state index is 12.2. The second-order valence-electron chi connectivity index (χ2n) is 5.57. The summed E-state index contributed by atoms with van der Waals surface area (Å²) in [5, 5.41) is 0. The van der Waals surface area contributed by atoms with E-state index in [1.54, 1.807) is 6.92 Å². The van der Waals surface area contributed by atoms with Crippen molar-refractivity contribution >= 4 is 21.9 Å². The van der Waals surface area contributed by atoms with Crippen molar-refractivity contribution in [1.82, 2.24) is 9.37 Å². The Morgan fingerprint density at radius 3 is 2.46 bits per heavy atom. The lowest BCUT2D eigenvalue weighted by Crippen LogP contribution is -2.35. The molecule has 1 rings (SSSR count). The number of nitrogens with zero attached hydrogens (tertiary/aromatic N) is 2. The third-order valence-corrected chi connectivity index (χ3v) is 5.16. The van der Waals surface area contributed by atoms with Crippen LogP contribution in [0.25, 0.3) is 0 Å². The summed E-state index contributed by atoms with van der Waals surface area (Å²) < 4.78 is 30.1. The lowest BCUT2D eigenvalue weighted by atomic mass is 10.2. The number of sulfonamides is 1. The monoisotopic (exact) mass is 384 g/mol. The molecule has 0 saturated carbocycles. The number of rotatable bonds is 9. The Hall–Kier alpha value is -2.23. The Bertz CT molecular complexity index is 775. The van der Waals surface area contributed by atoms with E-state index in [0.29, 0.717) is 17.6 Å². The van der Waals surface area contributed by atoms with Crippen LogP contribution in [0.3, 0.4) is 0 Å². The van der Waals surface area contributed by atoms with Crippen molar-refractivity contribution < 1.29 is 27.6 Å². The number of carbonyl (C=O) groups excluding carboxylic acids is 2. The molecule has 1 aromatic rings. The Morgan fingerprint density at radius 2 is 1.92 bits per heavy atom. The van der Waals surface area contributed by atoms with Crippen LogP contribution in [0.1, 0.15) is 24.2 Å². The molecule has 0 fully saturated rings. The van der Waals surface area contributed by atoms with Crippen LogP contribution < -0.4 is 0 Å². The van der Waals surface area contributed by atoms with Crippen molar-refractivity contribution in [3.63, 3.8) is 0 Å². The van der Waals surface area contributed by atoms with Gasteiger partial charge in [0.2, 0.25) is 0 Å². The Morgan fingerprint density at radius 1 is 1.27 bits per heavy atom. The van der Waals surface area contributed by atoms with Gasteiger partial charge in [-0.1, -0.05) is 22.7 Å². The maximum absolute atomic E-state index is 12.2. The first-order valence-corrected chi connectivity index (χ1v) is 9.29. The SMILES string of the molecule is C=C(C)CN(CC)C(=O)COC(=O)c1cccc(S(=O)(=O)N(C)OC)c1. The van der Waals surface area contributed by atoms with Gasteiger partial charge < -0.3 is 9.64 Å². The van der Waals surface area contributed by atoms with Gasteiger partial charge in [-0.15, -0.1) is 0 Å². The van der Waals surface area contributed by atoms with Crippen LogP contribution in [0.15, 0.2) is 41.3 Å². The molecule has 0 saturated heterocycles. The van der Waals surface area contributed by atoms with Gasteiger partial charge in [-0.25, -0.2) is 13.2 Å². The molecule has 8 nitrogen and oxygen atoms in total. The zero-order valence-corrected chi connectivity index (χ0v) is 16.2. The number of carbonyl (C=O) groups is 2. The number of likely N-dealkylation sites (N-methyl/N-ethyl adjacent to an activating group) is 1. The minimum Gasteiger partial charge on any atom is -0.452 e. The molecule has 0 bridgehead atoms. The van der Waals surface area contributed by atoms with Gasteiger partial charge in [0.05, 0.1) is 17.6 Å². The normalized spacial score (nSPS) is 11.3. The number of esters is 1. The van der Waals surface area contributed by atoms with E-state index >= 15 is 0 Å². The van der Waals surface area contributed by atoms with Crippen molar-refractivity contribution in [1.29, 1.82) is 0 Å². The van der Waals surface area contributed by atoms with Crippen LogP contribution in [-0.2, 0) is 24.4 Å². The summed E-state index contributed by atoms with van der Waals surface area (Å²) in [6, 6.07) is 5.32. The minimum atomic E-state index is -3.89. The molecule has 9 heteroatoms. The van der Waals surface area contributed by atoms with Gasteiger partial charge in [-0.2, -0.15) is 0 Å². The van der Waals surface area contributed by atoms with Crippen molar-refractivity contribution in [2.45, 2.75) is 18.7 Å². The first kappa shape index (κ1) is 21.8. The Labute approximate surface area is 154 Å². The molecule has 0 radical (unpaired) electrons. The van der Waals surface area contributed by atoms with Crippen LogP contribution >= 0.6 is 0 Å². The van der Waals surface area contributed by atoms with E-state index in [9.17, 15) is 18.0 Å². The number of hydroxylamine groups is 1.